The molecule has 1 aromatic rings. The first kappa shape index (κ1) is 25.4. The highest BCUT2D eigenvalue weighted by molar-refractivity contribution is 14.0. The Hall–Kier alpha value is -1.59. The summed E-state index contributed by atoms with van der Waals surface area (Å²) in [6.07, 6.45) is -4.46. The molecular weight excluding hydrogens is 479 g/mol. The number of carbonyl (C=O) groups is 1. The Bertz CT molecular complexity index is 636. The van der Waals surface area contributed by atoms with Gasteiger partial charge in [0, 0.05) is 25.6 Å². The van der Waals surface area contributed by atoms with Crippen LogP contribution in [-0.4, -0.2) is 31.0 Å². The van der Waals surface area contributed by atoms with Gasteiger partial charge in [-0.3, -0.25) is 4.79 Å². The minimum atomic E-state index is -4.66. The van der Waals surface area contributed by atoms with E-state index in [0.29, 0.717) is 12.6 Å². The van der Waals surface area contributed by atoms with Gasteiger partial charge in [-0.1, -0.05) is 6.07 Å². The molecule has 0 saturated heterocycles. The maximum absolute atomic E-state index is 13.1. The average Bonchev–Trinajstić information content (AvgIpc) is 2.51. The molecule has 0 aliphatic heterocycles. The van der Waals surface area contributed by atoms with Crippen LogP contribution in [0.15, 0.2) is 23.2 Å². The number of hydrogen-bond acceptors (Lipinski definition) is 2. The van der Waals surface area contributed by atoms with Crippen LogP contribution in [0.25, 0.3) is 0 Å². The first-order valence-electron chi connectivity index (χ1n) is 8.30. The molecular formula is C17H25F4IN4O. The Morgan fingerprint density at radius 2 is 1.89 bits per heavy atom. The van der Waals surface area contributed by atoms with Gasteiger partial charge in [0.1, 0.15) is 5.82 Å². The predicted octanol–water partition coefficient (Wildman–Crippen LogP) is 3.43. The molecule has 1 amide bonds. The average molecular weight is 504 g/mol. The highest BCUT2D eigenvalue weighted by atomic mass is 127. The number of carbonyl (C=O) groups excluding carboxylic acids is 1. The SMILES string of the molecule is CCNC(=NCc1ccc(F)cc1C(F)(F)F)NCCC(=O)NC(C)C.I. The largest absolute Gasteiger partial charge is 0.416 e. The van der Waals surface area contributed by atoms with Crippen molar-refractivity contribution in [3.63, 3.8) is 0 Å². The third-order valence-electron chi connectivity index (χ3n) is 3.22. The summed E-state index contributed by atoms with van der Waals surface area (Å²) in [6.45, 7) is 6.00. The molecule has 10 heteroatoms. The molecule has 154 valence electrons. The fourth-order valence-electron chi connectivity index (χ4n) is 2.14. The molecule has 5 nitrogen and oxygen atoms in total. The fraction of sp³-hybridized carbons (Fsp3) is 0.529. The molecule has 27 heavy (non-hydrogen) atoms. The molecule has 0 aliphatic rings. The normalized spacial score (nSPS) is 11.8. The smallest absolute Gasteiger partial charge is 0.357 e. The zero-order valence-electron chi connectivity index (χ0n) is 15.4. The van der Waals surface area contributed by atoms with Gasteiger partial charge in [-0.25, -0.2) is 9.38 Å². The van der Waals surface area contributed by atoms with Gasteiger partial charge in [0.05, 0.1) is 12.1 Å². The van der Waals surface area contributed by atoms with E-state index in [4.69, 9.17) is 0 Å². The van der Waals surface area contributed by atoms with Crippen molar-refractivity contribution in [1.82, 2.24) is 16.0 Å². The van der Waals surface area contributed by atoms with Crippen LogP contribution in [0.2, 0.25) is 0 Å². The van der Waals surface area contributed by atoms with E-state index in [0.717, 1.165) is 12.1 Å². The lowest BCUT2D eigenvalue weighted by Crippen LogP contribution is -2.40. The van der Waals surface area contributed by atoms with Crippen molar-refractivity contribution < 1.29 is 22.4 Å². The predicted molar refractivity (Wildman–Crippen MR) is 108 cm³/mol. The van der Waals surface area contributed by atoms with E-state index in [2.05, 4.69) is 20.9 Å². The summed E-state index contributed by atoms with van der Waals surface area (Å²) in [7, 11) is 0. The summed E-state index contributed by atoms with van der Waals surface area (Å²) in [5.74, 6) is -0.810. The van der Waals surface area contributed by atoms with Crippen molar-refractivity contribution in [2.24, 2.45) is 4.99 Å². The van der Waals surface area contributed by atoms with Gasteiger partial charge < -0.3 is 16.0 Å². The number of aliphatic imine (C=N–C) groups is 1. The van der Waals surface area contributed by atoms with Gasteiger partial charge in [-0.2, -0.15) is 13.2 Å². The van der Waals surface area contributed by atoms with Crippen LogP contribution in [0, 0.1) is 5.82 Å². The lowest BCUT2D eigenvalue weighted by Gasteiger charge is -2.14. The number of amides is 1. The van der Waals surface area contributed by atoms with Gasteiger partial charge in [-0.05, 0) is 38.5 Å². The van der Waals surface area contributed by atoms with Crippen LogP contribution in [0.4, 0.5) is 17.6 Å². The monoisotopic (exact) mass is 504 g/mol. The summed E-state index contributed by atoms with van der Waals surface area (Å²) in [6, 6.07) is 2.53. The topological polar surface area (TPSA) is 65.5 Å². The Balaban J connectivity index is 0.00000676. The summed E-state index contributed by atoms with van der Waals surface area (Å²) < 4.78 is 52.1. The molecule has 0 fully saturated rings. The quantitative estimate of drug-likeness (QED) is 0.231. The number of benzene rings is 1. The molecule has 0 heterocycles. The van der Waals surface area contributed by atoms with Gasteiger partial charge in [0.15, 0.2) is 5.96 Å². The second kappa shape index (κ2) is 12.0. The van der Waals surface area contributed by atoms with Gasteiger partial charge in [0.25, 0.3) is 0 Å². The molecule has 0 bridgehead atoms. The number of nitrogens with zero attached hydrogens (tertiary/aromatic N) is 1. The molecule has 0 unspecified atom stereocenters. The summed E-state index contributed by atoms with van der Waals surface area (Å²) in [5.41, 5.74) is -1.18. The van der Waals surface area contributed by atoms with Crippen LogP contribution in [-0.2, 0) is 17.5 Å². The van der Waals surface area contributed by atoms with E-state index in [1.165, 1.54) is 0 Å². The van der Waals surface area contributed by atoms with E-state index >= 15 is 0 Å². The highest BCUT2D eigenvalue weighted by Crippen LogP contribution is 2.32. The van der Waals surface area contributed by atoms with Crippen molar-refractivity contribution in [3.8, 4) is 0 Å². The van der Waals surface area contributed by atoms with E-state index in [1.54, 1.807) is 0 Å². The zero-order chi connectivity index (χ0) is 19.7. The highest BCUT2D eigenvalue weighted by Gasteiger charge is 2.33. The Labute approximate surface area is 173 Å². The molecule has 0 atom stereocenters. The summed E-state index contributed by atoms with van der Waals surface area (Å²) in [5, 5.41) is 8.51. The minimum Gasteiger partial charge on any atom is -0.357 e. The molecule has 0 aliphatic carbocycles. The molecule has 0 radical (unpaired) electrons. The van der Waals surface area contributed by atoms with Gasteiger partial charge in [0.2, 0.25) is 5.91 Å². The number of rotatable bonds is 7. The summed E-state index contributed by atoms with van der Waals surface area (Å²) in [4.78, 5) is 15.7. The maximum atomic E-state index is 13.1. The van der Waals surface area contributed by atoms with E-state index in [9.17, 15) is 22.4 Å². The Morgan fingerprint density at radius 3 is 2.44 bits per heavy atom. The van der Waals surface area contributed by atoms with E-state index in [-0.39, 0.29) is 67.0 Å². The lowest BCUT2D eigenvalue weighted by molar-refractivity contribution is -0.138. The number of guanidine groups is 1. The first-order chi connectivity index (χ1) is 12.1. The second-order valence-electron chi connectivity index (χ2n) is 5.89. The van der Waals surface area contributed by atoms with Crippen LogP contribution < -0.4 is 16.0 Å². The van der Waals surface area contributed by atoms with Crippen LogP contribution in [0.5, 0.6) is 0 Å². The molecule has 0 spiro atoms. The molecule has 0 saturated carbocycles. The van der Waals surface area contributed by atoms with Gasteiger partial charge >= 0.3 is 6.18 Å². The maximum Gasteiger partial charge on any atom is 0.416 e. The molecule has 1 aromatic carbocycles. The Morgan fingerprint density at radius 1 is 1.22 bits per heavy atom. The van der Waals surface area contributed by atoms with Crippen LogP contribution >= 0.6 is 24.0 Å². The van der Waals surface area contributed by atoms with Crippen molar-refractivity contribution in [2.75, 3.05) is 13.1 Å². The molecule has 0 aromatic heterocycles. The van der Waals surface area contributed by atoms with Crippen molar-refractivity contribution in [1.29, 1.82) is 0 Å². The lowest BCUT2D eigenvalue weighted by atomic mass is 10.1. The number of alkyl halides is 3. The molecule has 3 N–H and O–H groups in total. The van der Waals surface area contributed by atoms with Crippen LogP contribution in [0.3, 0.4) is 0 Å². The standard InChI is InChI=1S/C17H24F4N4O.HI/c1-4-22-16(23-8-7-15(26)25-11(2)3)24-10-12-5-6-13(18)9-14(12)17(19,20)21;/h5-6,9,11H,4,7-8,10H2,1-3H3,(H,25,26)(H2,22,23,24);1H. The van der Waals surface area contributed by atoms with Crippen molar-refractivity contribution >= 4 is 35.8 Å². The third-order valence-corrected chi connectivity index (χ3v) is 3.22. The summed E-state index contributed by atoms with van der Waals surface area (Å²) >= 11 is 0. The number of nitrogens with one attached hydrogen (secondary N) is 3. The van der Waals surface area contributed by atoms with E-state index < -0.39 is 17.6 Å². The van der Waals surface area contributed by atoms with Crippen molar-refractivity contribution in [2.45, 2.75) is 46.0 Å². The first-order valence-corrected chi connectivity index (χ1v) is 8.30. The molecule has 1 rings (SSSR count). The second-order valence-corrected chi connectivity index (χ2v) is 5.89. The number of halogens is 5. The third kappa shape index (κ3) is 9.78. The van der Waals surface area contributed by atoms with Crippen LogP contribution in [0.1, 0.15) is 38.3 Å². The fourth-order valence-corrected chi connectivity index (χ4v) is 2.14. The van der Waals surface area contributed by atoms with Crippen molar-refractivity contribution in [3.05, 3.63) is 35.1 Å². The van der Waals surface area contributed by atoms with E-state index in [1.807, 2.05) is 20.8 Å². The minimum absolute atomic E-state index is 0. The zero-order valence-corrected chi connectivity index (χ0v) is 17.7. The Kier molecular flexibility index (Phi) is 11.3. The van der Waals surface area contributed by atoms with Gasteiger partial charge in [-0.15, -0.1) is 24.0 Å². The number of hydrogen-bond donors (Lipinski definition) is 3.